The third-order valence-electron chi connectivity index (χ3n) is 5.33. The van der Waals surface area contributed by atoms with Crippen molar-refractivity contribution < 1.29 is 0 Å². The van der Waals surface area contributed by atoms with Crippen molar-refractivity contribution in [2.45, 2.75) is 20.4 Å². The molecule has 0 saturated heterocycles. The van der Waals surface area contributed by atoms with Gasteiger partial charge in [0.25, 0.3) is 0 Å². The van der Waals surface area contributed by atoms with Crippen LogP contribution in [0.25, 0.3) is 33.3 Å². The lowest BCUT2D eigenvalue weighted by Gasteiger charge is -2.14. The Hall–Kier alpha value is -4.06. The second kappa shape index (κ2) is 7.99. The number of fused-ring (bicyclic) bond motifs is 1. The molecule has 152 valence electrons. The van der Waals surface area contributed by atoms with Gasteiger partial charge >= 0.3 is 0 Å². The first-order valence-corrected chi connectivity index (χ1v) is 10.3. The quantitative estimate of drug-likeness (QED) is 0.410. The van der Waals surface area contributed by atoms with Gasteiger partial charge in [-0.05, 0) is 49.7 Å². The molecule has 0 aliphatic heterocycles. The summed E-state index contributed by atoms with van der Waals surface area (Å²) in [5.74, 6) is 1.27. The molecule has 6 heteroatoms. The fourth-order valence-corrected chi connectivity index (χ4v) is 3.81. The summed E-state index contributed by atoms with van der Waals surface area (Å²) in [5.41, 5.74) is 6.04. The topological polar surface area (TPSA) is 68.5 Å². The lowest BCUT2D eigenvalue weighted by atomic mass is 9.98. The predicted molar refractivity (Wildman–Crippen MR) is 124 cm³/mol. The molecule has 0 aliphatic rings. The molecule has 0 radical (unpaired) electrons. The number of anilines is 2. The van der Waals surface area contributed by atoms with Crippen molar-refractivity contribution in [3.8, 4) is 22.4 Å². The minimum Gasteiger partial charge on any atom is -0.348 e. The molecule has 0 amide bonds. The Kier molecular flexibility index (Phi) is 4.88. The monoisotopic (exact) mass is 406 g/mol. The van der Waals surface area contributed by atoms with E-state index in [2.05, 4.69) is 68.3 Å². The molecule has 31 heavy (non-hydrogen) atoms. The van der Waals surface area contributed by atoms with Gasteiger partial charge in [0.15, 0.2) is 0 Å². The number of aromatic nitrogens is 5. The zero-order valence-corrected chi connectivity index (χ0v) is 17.4. The number of hydrogen-bond acceptors (Lipinski definition) is 5. The largest absolute Gasteiger partial charge is 0.348 e. The second-order valence-corrected chi connectivity index (χ2v) is 7.30. The number of benzene rings is 2. The van der Waals surface area contributed by atoms with Gasteiger partial charge in [0.2, 0.25) is 5.95 Å². The number of nitrogens with zero attached hydrogens (tertiary/aromatic N) is 5. The minimum absolute atomic E-state index is 0.546. The van der Waals surface area contributed by atoms with Crippen molar-refractivity contribution in [1.82, 2.24) is 24.5 Å². The fourth-order valence-electron chi connectivity index (χ4n) is 3.81. The molecular formula is C25H22N6. The van der Waals surface area contributed by atoms with Crippen molar-refractivity contribution in [1.29, 1.82) is 0 Å². The zero-order chi connectivity index (χ0) is 21.2. The first kappa shape index (κ1) is 18.9. The van der Waals surface area contributed by atoms with Gasteiger partial charge in [0.1, 0.15) is 5.82 Å². The molecule has 5 rings (SSSR count). The van der Waals surface area contributed by atoms with E-state index in [1.807, 2.05) is 31.3 Å². The Morgan fingerprint density at radius 2 is 1.74 bits per heavy atom. The number of aryl methyl sites for hydroxylation is 2. The van der Waals surface area contributed by atoms with Gasteiger partial charge in [-0.1, -0.05) is 24.3 Å². The molecule has 1 N–H and O–H groups in total. The van der Waals surface area contributed by atoms with E-state index < -0.39 is 0 Å². The molecule has 0 aliphatic carbocycles. The van der Waals surface area contributed by atoms with Gasteiger partial charge in [-0.2, -0.15) is 0 Å². The highest BCUT2D eigenvalue weighted by Gasteiger charge is 2.15. The summed E-state index contributed by atoms with van der Waals surface area (Å²) in [6, 6.07) is 18.5. The third kappa shape index (κ3) is 3.64. The average Bonchev–Trinajstić information content (AvgIpc) is 3.22. The summed E-state index contributed by atoms with van der Waals surface area (Å²) in [6.07, 6.45) is 7.47. The van der Waals surface area contributed by atoms with E-state index in [0.29, 0.717) is 5.95 Å². The number of para-hydroxylation sites is 1. The van der Waals surface area contributed by atoms with Crippen LogP contribution in [0, 0.1) is 6.92 Å². The van der Waals surface area contributed by atoms with Crippen LogP contribution in [-0.2, 0) is 6.54 Å². The van der Waals surface area contributed by atoms with E-state index in [9.17, 15) is 0 Å². The van der Waals surface area contributed by atoms with E-state index in [4.69, 9.17) is 4.98 Å². The maximum absolute atomic E-state index is 4.83. The van der Waals surface area contributed by atoms with E-state index in [-0.39, 0.29) is 0 Å². The van der Waals surface area contributed by atoms with Crippen LogP contribution < -0.4 is 5.32 Å². The highest BCUT2D eigenvalue weighted by molar-refractivity contribution is 5.91. The van der Waals surface area contributed by atoms with Crippen LogP contribution in [0.4, 0.5) is 11.6 Å². The van der Waals surface area contributed by atoms with Crippen molar-refractivity contribution in [3.63, 3.8) is 0 Å². The number of nitrogens with one attached hydrogen (secondary N) is 1. The van der Waals surface area contributed by atoms with Gasteiger partial charge < -0.3 is 9.88 Å². The highest BCUT2D eigenvalue weighted by Crippen LogP contribution is 2.36. The predicted octanol–water partition coefficient (Wildman–Crippen LogP) is 5.63. The van der Waals surface area contributed by atoms with Gasteiger partial charge in [0, 0.05) is 53.4 Å². The van der Waals surface area contributed by atoms with Crippen molar-refractivity contribution in [2.24, 2.45) is 0 Å². The Labute approximate surface area is 180 Å². The summed E-state index contributed by atoms with van der Waals surface area (Å²) in [6.45, 7) is 5.01. The van der Waals surface area contributed by atoms with Crippen LogP contribution in [0.3, 0.4) is 0 Å². The average molecular weight is 406 g/mol. The molecule has 0 bridgehead atoms. The molecule has 0 fully saturated rings. The van der Waals surface area contributed by atoms with E-state index in [1.54, 1.807) is 18.5 Å². The first-order chi connectivity index (χ1) is 15.2. The van der Waals surface area contributed by atoms with Gasteiger partial charge in [-0.15, -0.1) is 0 Å². The number of hydrogen-bond donors (Lipinski definition) is 1. The van der Waals surface area contributed by atoms with Crippen LogP contribution >= 0.6 is 0 Å². The van der Waals surface area contributed by atoms with Crippen molar-refractivity contribution in [2.75, 3.05) is 5.32 Å². The van der Waals surface area contributed by atoms with Crippen LogP contribution in [0.5, 0.6) is 0 Å². The number of rotatable bonds is 5. The van der Waals surface area contributed by atoms with Crippen molar-refractivity contribution in [3.05, 3.63) is 85.2 Å². The van der Waals surface area contributed by atoms with Crippen LogP contribution in [-0.4, -0.2) is 24.5 Å². The summed E-state index contributed by atoms with van der Waals surface area (Å²) < 4.78 is 2.24. The molecule has 6 nitrogen and oxygen atoms in total. The molecule has 3 heterocycles. The molecular weight excluding hydrogens is 384 g/mol. The minimum atomic E-state index is 0.546. The maximum Gasteiger partial charge on any atom is 0.227 e. The Morgan fingerprint density at radius 3 is 2.58 bits per heavy atom. The lowest BCUT2D eigenvalue weighted by molar-refractivity contribution is 0.798. The van der Waals surface area contributed by atoms with Crippen molar-refractivity contribution >= 4 is 22.5 Å². The van der Waals surface area contributed by atoms with Crippen LogP contribution in [0.1, 0.15) is 12.7 Å². The highest BCUT2D eigenvalue weighted by atomic mass is 15.1. The maximum atomic E-state index is 4.83. The van der Waals surface area contributed by atoms with Gasteiger partial charge in [-0.3, -0.25) is 0 Å². The van der Waals surface area contributed by atoms with E-state index in [1.165, 1.54) is 10.9 Å². The summed E-state index contributed by atoms with van der Waals surface area (Å²) >= 11 is 0. The zero-order valence-electron chi connectivity index (χ0n) is 17.4. The van der Waals surface area contributed by atoms with Gasteiger partial charge in [-0.25, -0.2) is 19.9 Å². The smallest absolute Gasteiger partial charge is 0.227 e. The second-order valence-electron chi connectivity index (χ2n) is 7.30. The normalized spacial score (nSPS) is 11.0. The molecule has 0 unspecified atom stereocenters. The molecule has 2 aromatic carbocycles. The summed E-state index contributed by atoms with van der Waals surface area (Å²) in [4.78, 5) is 17.9. The Balaban J connectivity index is 1.64. The lowest BCUT2D eigenvalue weighted by Crippen LogP contribution is -2.01. The van der Waals surface area contributed by atoms with Crippen LogP contribution in [0.2, 0.25) is 0 Å². The molecule has 0 saturated carbocycles. The van der Waals surface area contributed by atoms with Crippen LogP contribution in [0.15, 0.2) is 79.4 Å². The third-order valence-corrected chi connectivity index (χ3v) is 5.33. The standard InChI is InChI=1S/C25H22N6/c1-3-31-14-11-19-15-18(9-10-23(19)31)21-16-28-17(2)29-24(21)20-7-4-5-8-22(20)30-25-26-12-6-13-27-25/h4-16H,3H2,1-2H3,(H,26,27,30). The van der Waals surface area contributed by atoms with E-state index >= 15 is 0 Å². The molecule has 0 atom stereocenters. The van der Waals surface area contributed by atoms with E-state index in [0.717, 1.165) is 40.4 Å². The molecule has 3 aromatic heterocycles. The van der Waals surface area contributed by atoms with Gasteiger partial charge in [0.05, 0.1) is 11.4 Å². The Morgan fingerprint density at radius 1 is 0.903 bits per heavy atom. The summed E-state index contributed by atoms with van der Waals surface area (Å²) in [5, 5.41) is 4.53. The molecule has 5 aromatic rings. The molecule has 0 spiro atoms. The Bertz CT molecular complexity index is 1360. The SMILES string of the molecule is CCn1ccc2cc(-c3cnc(C)nc3-c3ccccc3Nc3ncccn3)ccc21. The fraction of sp³-hybridized carbons (Fsp3) is 0.120. The first-order valence-electron chi connectivity index (χ1n) is 10.3. The summed E-state index contributed by atoms with van der Waals surface area (Å²) in [7, 11) is 0.